The van der Waals surface area contributed by atoms with Crippen LogP contribution in [0.4, 0.5) is 0 Å². The number of carbonyl (C=O) groups is 1. The number of hydrogen-bond donors (Lipinski definition) is 18. The third kappa shape index (κ3) is 29.8. The highest BCUT2D eigenvalue weighted by molar-refractivity contribution is 5.56. The van der Waals surface area contributed by atoms with Crippen LogP contribution in [-0.4, -0.2) is 212 Å². The van der Waals surface area contributed by atoms with Gasteiger partial charge in [-0.15, -0.1) is 0 Å². The lowest BCUT2D eigenvalue weighted by atomic mass is 10.0. The van der Waals surface area contributed by atoms with E-state index in [4.69, 9.17) is 91.9 Å². The standard InChI is InChI=1S/C6H12O6.C5H12O5.C4H10O4.C3H8O3.C2H6O/c7-1-3(9)5(11)6(12)4(10)2-8;6-1-3(8)5(10)4(9)2-7;5-1-3(7)4(8)2-6;4-1-3(6)2-5;1-2-3/h1,3-6,8-12H,2H2;3-10H,1-2H2;3-8H,1-2H2;3-6H,1-2H2;3H,2H2,1H3/t3-,4+,5+,6+;3-,4+,5-;3-,4+;;/m0..../s1. The van der Waals surface area contributed by atoms with E-state index in [2.05, 4.69) is 0 Å². The average Bonchev–Trinajstić information content (AvgIpc) is 2.97. The van der Waals surface area contributed by atoms with E-state index in [1.165, 1.54) is 0 Å². The molecule has 0 saturated heterocycles. The number of carbonyl (C=O) groups excluding carboxylic acids is 1. The molecular formula is C20H48O19. The minimum absolute atomic E-state index is 0.0258. The fraction of sp³-hybridized carbons (Fsp3) is 0.950. The SMILES string of the molecule is CCO.O=C[C@H](O)[C@@H](O)[C@H](O)[C@H](O)CO.OCC(O)CO.OC[C@@H](O)[C@@H](O)CO.OC[C@@H](O)[C@@H](O)[C@@H](O)CO. The summed E-state index contributed by atoms with van der Waals surface area (Å²) >= 11 is 0. The molecule has 0 aromatic heterocycles. The van der Waals surface area contributed by atoms with Gasteiger partial charge in [-0.25, -0.2) is 0 Å². The molecule has 0 aromatic carbocycles. The van der Waals surface area contributed by atoms with Crippen LogP contribution in [0.5, 0.6) is 0 Å². The van der Waals surface area contributed by atoms with Gasteiger partial charge in [-0.1, -0.05) is 0 Å². The van der Waals surface area contributed by atoms with Crippen LogP contribution in [0.3, 0.4) is 0 Å². The van der Waals surface area contributed by atoms with E-state index >= 15 is 0 Å². The molecule has 0 heterocycles. The van der Waals surface area contributed by atoms with Crippen LogP contribution in [0.2, 0.25) is 0 Å². The zero-order valence-electron chi connectivity index (χ0n) is 21.5. The highest BCUT2D eigenvalue weighted by Crippen LogP contribution is 2.03. The minimum atomic E-state index is -1.79. The summed E-state index contributed by atoms with van der Waals surface area (Å²) in [5, 5.41) is 151. The molecule has 0 fully saturated rings. The van der Waals surface area contributed by atoms with E-state index in [-0.39, 0.29) is 26.1 Å². The van der Waals surface area contributed by atoms with Crippen molar-refractivity contribution in [3.05, 3.63) is 0 Å². The molecule has 0 aliphatic carbocycles. The van der Waals surface area contributed by atoms with Gasteiger partial charge in [-0.2, -0.15) is 0 Å². The molecule has 0 saturated carbocycles. The number of aldehydes is 1. The Labute approximate surface area is 224 Å². The lowest BCUT2D eigenvalue weighted by Crippen LogP contribution is -2.46. The third-order valence-corrected chi connectivity index (χ3v) is 3.82. The molecule has 0 aliphatic rings. The van der Waals surface area contributed by atoms with Crippen LogP contribution in [0.25, 0.3) is 0 Å². The van der Waals surface area contributed by atoms with Gasteiger partial charge in [0, 0.05) is 6.61 Å². The first-order valence-electron chi connectivity index (χ1n) is 11.2. The quantitative estimate of drug-likeness (QED) is 0.0832. The summed E-state index contributed by atoms with van der Waals surface area (Å²) in [4.78, 5) is 9.90. The van der Waals surface area contributed by atoms with Crippen molar-refractivity contribution < 1.29 is 96.7 Å². The number of aliphatic hydroxyl groups is 18. The number of hydrogen-bond acceptors (Lipinski definition) is 19. The fourth-order valence-electron chi connectivity index (χ4n) is 1.39. The summed E-state index contributed by atoms with van der Waals surface area (Å²) in [5.41, 5.74) is 0. The van der Waals surface area contributed by atoms with Crippen molar-refractivity contribution in [1.82, 2.24) is 0 Å². The van der Waals surface area contributed by atoms with E-state index in [1.807, 2.05) is 0 Å². The lowest BCUT2D eigenvalue weighted by molar-refractivity contribution is -0.136. The average molecular weight is 593 g/mol. The zero-order valence-corrected chi connectivity index (χ0v) is 21.5. The molecule has 18 N–H and O–H groups in total. The van der Waals surface area contributed by atoms with Crippen LogP contribution in [0.1, 0.15) is 6.92 Å². The zero-order chi connectivity index (χ0) is 32.1. The molecule has 0 spiro atoms. The topological polar surface area (TPSA) is 381 Å². The van der Waals surface area contributed by atoms with Gasteiger partial charge in [-0.05, 0) is 6.92 Å². The summed E-state index contributed by atoms with van der Waals surface area (Å²) in [7, 11) is 0. The fourth-order valence-corrected chi connectivity index (χ4v) is 1.39. The number of rotatable bonds is 14. The van der Waals surface area contributed by atoms with E-state index < -0.39 is 94.1 Å². The molecule has 0 amide bonds. The largest absolute Gasteiger partial charge is 0.397 e. The van der Waals surface area contributed by atoms with Crippen LogP contribution in [0.15, 0.2) is 0 Å². The smallest absolute Gasteiger partial charge is 0.151 e. The molecule has 242 valence electrons. The lowest BCUT2D eigenvalue weighted by Gasteiger charge is -2.22. The van der Waals surface area contributed by atoms with E-state index in [0.717, 1.165) is 0 Å². The van der Waals surface area contributed by atoms with Crippen LogP contribution >= 0.6 is 0 Å². The summed E-state index contributed by atoms with van der Waals surface area (Å²) < 4.78 is 0. The van der Waals surface area contributed by atoms with Gasteiger partial charge >= 0.3 is 0 Å². The molecule has 0 bridgehead atoms. The van der Waals surface area contributed by atoms with Crippen LogP contribution in [0, 0.1) is 0 Å². The molecule has 9 atom stereocenters. The van der Waals surface area contributed by atoms with Crippen molar-refractivity contribution in [2.45, 2.75) is 68.0 Å². The molecular weight excluding hydrogens is 544 g/mol. The molecule has 19 heteroatoms. The van der Waals surface area contributed by atoms with Gasteiger partial charge < -0.3 is 96.7 Å². The molecule has 19 nitrogen and oxygen atoms in total. The second kappa shape index (κ2) is 33.2. The normalized spacial score (nSPS) is 17.3. The van der Waals surface area contributed by atoms with Gasteiger partial charge in [0.2, 0.25) is 0 Å². The maximum absolute atomic E-state index is 9.90. The van der Waals surface area contributed by atoms with Crippen molar-refractivity contribution in [3.8, 4) is 0 Å². The highest BCUT2D eigenvalue weighted by Gasteiger charge is 2.29. The van der Waals surface area contributed by atoms with Crippen molar-refractivity contribution in [3.63, 3.8) is 0 Å². The van der Waals surface area contributed by atoms with Crippen molar-refractivity contribution in [2.24, 2.45) is 0 Å². The Balaban J connectivity index is -0.000000130. The van der Waals surface area contributed by atoms with E-state index in [0.29, 0.717) is 0 Å². The van der Waals surface area contributed by atoms with Gasteiger partial charge in [0.15, 0.2) is 6.29 Å². The first-order valence-corrected chi connectivity index (χ1v) is 11.2. The maximum atomic E-state index is 9.90. The molecule has 0 rings (SSSR count). The van der Waals surface area contributed by atoms with Crippen molar-refractivity contribution in [1.29, 1.82) is 0 Å². The van der Waals surface area contributed by atoms with Crippen LogP contribution in [-0.2, 0) is 4.79 Å². The Bertz CT molecular complexity index is 454. The number of aliphatic hydroxyl groups excluding tert-OH is 18. The summed E-state index contributed by atoms with van der Waals surface area (Å²) in [6.45, 7) is -1.89. The van der Waals surface area contributed by atoms with E-state index in [1.54, 1.807) is 6.92 Å². The monoisotopic (exact) mass is 592 g/mol. The Kier molecular flexibility index (Phi) is 40.6. The van der Waals surface area contributed by atoms with Gasteiger partial charge in [0.05, 0.1) is 46.2 Å². The maximum Gasteiger partial charge on any atom is 0.151 e. The second-order valence-electron chi connectivity index (χ2n) is 7.18. The van der Waals surface area contributed by atoms with E-state index in [9.17, 15) is 4.79 Å². The highest BCUT2D eigenvalue weighted by atomic mass is 16.4. The summed E-state index contributed by atoms with van der Waals surface area (Å²) in [6.07, 6.45) is -14.5. The first kappa shape index (κ1) is 47.7. The van der Waals surface area contributed by atoms with Gasteiger partial charge in [0.25, 0.3) is 0 Å². The predicted molar refractivity (Wildman–Crippen MR) is 128 cm³/mol. The minimum Gasteiger partial charge on any atom is -0.397 e. The first-order chi connectivity index (χ1) is 18.1. The Morgan fingerprint density at radius 2 is 0.692 bits per heavy atom. The third-order valence-electron chi connectivity index (χ3n) is 3.82. The van der Waals surface area contributed by atoms with Crippen LogP contribution < -0.4 is 0 Å². The Hall–Kier alpha value is -1.05. The molecule has 39 heavy (non-hydrogen) atoms. The second-order valence-corrected chi connectivity index (χ2v) is 7.18. The summed E-state index contributed by atoms with van der Waals surface area (Å²) in [5.74, 6) is 0. The Morgan fingerprint density at radius 1 is 0.436 bits per heavy atom. The molecule has 0 aliphatic heterocycles. The Morgan fingerprint density at radius 3 is 0.872 bits per heavy atom. The summed E-state index contributed by atoms with van der Waals surface area (Å²) in [6, 6.07) is 0. The van der Waals surface area contributed by atoms with Gasteiger partial charge in [-0.3, -0.25) is 0 Å². The molecule has 0 aromatic rings. The molecule has 0 unspecified atom stereocenters. The van der Waals surface area contributed by atoms with Crippen molar-refractivity contribution in [2.75, 3.05) is 52.9 Å². The van der Waals surface area contributed by atoms with Gasteiger partial charge in [0.1, 0.15) is 61.0 Å². The van der Waals surface area contributed by atoms with Crippen molar-refractivity contribution >= 4 is 6.29 Å². The molecule has 0 radical (unpaired) electrons. The predicted octanol–water partition coefficient (Wildman–Crippen LogP) is -10.3.